The minimum atomic E-state index is -0.411. The van der Waals surface area contributed by atoms with E-state index < -0.39 is 5.91 Å². The Morgan fingerprint density at radius 3 is 2.35 bits per heavy atom. The first-order valence-corrected chi connectivity index (χ1v) is 6.34. The van der Waals surface area contributed by atoms with Crippen molar-refractivity contribution >= 4 is 24.2 Å². The third-order valence-corrected chi connectivity index (χ3v) is 2.69. The molecular formula is C14H22ClN3O2. The van der Waals surface area contributed by atoms with Gasteiger partial charge in [0.05, 0.1) is 0 Å². The van der Waals surface area contributed by atoms with Crippen molar-refractivity contribution in [3.8, 4) is 0 Å². The standard InChI is InChI=1S/C14H21N3O2.ClH/c1-11(15)9-14(19)17(8-7-13(16)18)10-12-5-3-2-4-6-12;/h2-6,11H,7-10,15H2,1H3,(H2,16,18);1H. The van der Waals surface area contributed by atoms with Gasteiger partial charge < -0.3 is 16.4 Å². The molecule has 0 fully saturated rings. The van der Waals surface area contributed by atoms with E-state index in [9.17, 15) is 9.59 Å². The second-order valence-electron chi connectivity index (χ2n) is 4.70. The maximum absolute atomic E-state index is 12.1. The van der Waals surface area contributed by atoms with Gasteiger partial charge in [-0.3, -0.25) is 9.59 Å². The summed E-state index contributed by atoms with van der Waals surface area (Å²) in [5.74, 6) is -0.466. The summed E-state index contributed by atoms with van der Waals surface area (Å²) < 4.78 is 0. The topological polar surface area (TPSA) is 89.4 Å². The predicted molar refractivity (Wildman–Crippen MR) is 81.2 cm³/mol. The second-order valence-corrected chi connectivity index (χ2v) is 4.70. The molecule has 0 radical (unpaired) electrons. The van der Waals surface area contributed by atoms with Gasteiger partial charge in [-0.15, -0.1) is 12.4 Å². The first kappa shape index (κ1) is 18.4. The highest BCUT2D eigenvalue weighted by Crippen LogP contribution is 2.07. The van der Waals surface area contributed by atoms with Crippen molar-refractivity contribution in [3.05, 3.63) is 35.9 Å². The zero-order chi connectivity index (χ0) is 14.3. The number of rotatable bonds is 7. The van der Waals surface area contributed by atoms with Crippen molar-refractivity contribution in [2.24, 2.45) is 11.5 Å². The Kier molecular flexibility index (Phi) is 8.59. The molecule has 2 amide bonds. The molecule has 112 valence electrons. The summed E-state index contributed by atoms with van der Waals surface area (Å²) in [5, 5.41) is 0. The zero-order valence-corrected chi connectivity index (χ0v) is 12.4. The Labute approximate surface area is 125 Å². The van der Waals surface area contributed by atoms with Crippen LogP contribution in [0.3, 0.4) is 0 Å². The van der Waals surface area contributed by atoms with Crippen molar-refractivity contribution in [1.82, 2.24) is 4.90 Å². The molecule has 0 aliphatic carbocycles. The first-order valence-electron chi connectivity index (χ1n) is 6.34. The molecule has 1 aromatic carbocycles. The molecule has 0 heterocycles. The number of amides is 2. The second kappa shape index (κ2) is 9.34. The molecule has 6 heteroatoms. The van der Waals surface area contributed by atoms with Gasteiger partial charge in [0.1, 0.15) is 0 Å². The highest BCUT2D eigenvalue weighted by Gasteiger charge is 2.16. The number of hydrogen-bond donors (Lipinski definition) is 2. The van der Waals surface area contributed by atoms with E-state index in [1.165, 1.54) is 0 Å². The van der Waals surface area contributed by atoms with E-state index in [1.54, 1.807) is 11.8 Å². The lowest BCUT2D eigenvalue weighted by Gasteiger charge is -2.23. The van der Waals surface area contributed by atoms with Gasteiger partial charge in [-0.1, -0.05) is 30.3 Å². The number of benzene rings is 1. The largest absolute Gasteiger partial charge is 0.370 e. The van der Waals surface area contributed by atoms with E-state index in [1.807, 2.05) is 30.3 Å². The molecule has 0 spiro atoms. The van der Waals surface area contributed by atoms with Crippen molar-refractivity contribution < 1.29 is 9.59 Å². The zero-order valence-electron chi connectivity index (χ0n) is 11.6. The van der Waals surface area contributed by atoms with Crippen LogP contribution >= 0.6 is 12.4 Å². The monoisotopic (exact) mass is 299 g/mol. The van der Waals surface area contributed by atoms with Crippen molar-refractivity contribution in [1.29, 1.82) is 0 Å². The molecule has 1 rings (SSSR count). The van der Waals surface area contributed by atoms with Gasteiger partial charge in [-0.25, -0.2) is 0 Å². The average Bonchev–Trinajstić information content (AvgIpc) is 2.34. The van der Waals surface area contributed by atoms with Gasteiger partial charge in [0, 0.05) is 32.0 Å². The fourth-order valence-electron chi connectivity index (χ4n) is 1.75. The summed E-state index contributed by atoms with van der Waals surface area (Å²) in [5.41, 5.74) is 11.8. The Morgan fingerprint density at radius 2 is 1.85 bits per heavy atom. The van der Waals surface area contributed by atoms with Crippen LogP contribution in [0, 0.1) is 0 Å². The lowest BCUT2D eigenvalue weighted by Crippen LogP contribution is -2.36. The molecule has 0 saturated carbocycles. The maximum atomic E-state index is 12.1. The number of hydrogen-bond acceptors (Lipinski definition) is 3. The highest BCUT2D eigenvalue weighted by molar-refractivity contribution is 5.85. The molecule has 0 aliphatic heterocycles. The van der Waals surface area contributed by atoms with Gasteiger partial charge >= 0.3 is 0 Å². The van der Waals surface area contributed by atoms with E-state index in [-0.39, 0.29) is 37.2 Å². The third-order valence-electron chi connectivity index (χ3n) is 2.69. The number of carbonyl (C=O) groups is 2. The molecule has 5 nitrogen and oxygen atoms in total. The van der Waals surface area contributed by atoms with E-state index in [0.29, 0.717) is 13.1 Å². The number of nitrogens with zero attached hydrogens (tertiary/aromatic N) is 1. The minimum Gasteiger partial charge on any atom is -0.370 e. The van der Waals surface area contributed by atoms with E-state index in [2.05, 4.69) is 0 Å². The number of carbonyl (C=O) groups excluding carboxylic acids is 2. The van der Waals surface area contributed by atoms with Crippen LogP contribution in [-0.4, -0.2) is 29.3 Å². The summed E-state index contributed by atoms with van der Waals surface area (Å²) in [7, 11) is 0. The van der Waals surface area contributed by atoms with Crippen LogP contribution in [0.2, 0.25) is 0 Å². The van der Waals surface area contributed by atoms with E-state index >= 15 is 0 Å². The molecule has 1 unspecified atom stereocenters. The fraction of sp³-hybridized carbons (Fsp3) is 0.429. The summed E-state index contributed by atoms with van der Waals surface area (Å²) in [6.45, 7) is 2.59. The van der Waals surface area contributed by atoms with E-state index in [4.69, 9.17) is 11.5 Å². The number of primary amides is 1. The first-order chi connectivity index (χ1) is 8.99. The summed E-state index contributed by atoms with van der Waals surface area (Å²) in [4.78, 5) is 24.6. The van der Waals surface area contributed by atoms with Crippen molar-refractivity contribution in [2.75, 3.05) is 6.54 Å². The Morgan fingerprint density at radius 1 is 1.25 bits per heavy atom. The molecular weight excluding hydrogens is 278 g/mol. The Bertz CT molecular complexity index is 424. The van der Waals surface area contributed by atoms with Crippen LogP contribution < -0.4 is 11.5 Å². The molecule has 0 aromatic heterocycles. The lowest BCUT2D eigenvalue weighted by molar-refractivity contribution is -0.132. The summed E-state index contributed by atoms with van der Waals surface area (Å²) in [6.07, 6.45) is 0.434. The number of halogens is 1. The summed E-state index contributed by atoms with van der Waals surface area (Å²) >= 11 is 0. The van der Waals surface area contributed by atoms with Gasteiger partial charge in [0.2, 0.25) is 11.8 Å². The molecule has 0 bridgehead atoms. The quantitative estimate of drug-likeness (QED) is 0.788. The predicted octanol–water partition coefficient (Wildman–Crippen LogP) is 1.05. The van der Waals surface area contributed by atoms with Crippen LogP contribution in [0.5, 0.6) is 0 Å². The van der Waals surface area contributed by atoms with Gasteiger partial charge in [-0.05, 0) is 12.5 Å². The van der Waals surface area contributed by atoms with Crippen LogP contribution in [0.1, 0.15) is 25.3 Å². The third kappa shape index (κ3) is 7.11. The van der Waals surface area contributed by atoms with Gasteiger partial charge in [0.15, 0.2) is 0 Å². The minimum absolute atomic E-state index is 0. The SMILES string of the molecule is CC(N)CC(=O)N(CCC(N)=O)Cc1ccccc1.Cl. The van der Waals surface area contributed by atoms with E-state index in [0.717, 1.165) is 5.56 Å². The molecule has 1 atom stereocenters. The molecule has 1 aromatic rings. The smallest absolute Gasteiger partial charge is 0.224 e. The molecule has 0 saturated heterocycles. The summed E-state index contributed by atoms with van der Waals surface area (Å²) in [6, 6.07) is 9.43. The number of nitrogens with two attached hydrogens (primary N) is 2. The van der Waals surface area contributed by atoms with Crippen molar-refractivity contribution in [2.45, 2.75) is 32.4 Å². The lowest BCUT2D eigenvalue weighted by atomic mass is 10.1. The van der Waals surface area contributed by atoms with Gasteiger partial charge in [-0.2, -0.15) is 0 Å². The maximum Gasteiger partial charge on any atom is 0.224 e. The molecule has 0 aliphatic rings. The fourth-order valence-corrected chi connectivity index (χ4v) is 1.75. The van der Waals surface area contributed by atoms with Crippen LogP contribution in [0.15, 0.2) is 30.3 Å². The average molecular weight is 300 g/mol. The molecule has 20 heavy (non-hydrogen) atoms. The Hall–Kier alpha value is -1.59. The van der Waals surface area contributed by atoms with Gasteiger partial charge in [0.25, 0.3) is 0 Å². The highest BCUT2D eigenvalue weighted by atomic mass is 35.5. The van der Waals surface area contributed by atoms with Crippen molar-refractivity contribution in [3.63, 3.8) is 0 Å². The normalized spacial score (nSPS) is 11.3. The Balaban J connectivity index is 0.00000361. The van der Waals surface area contributed by atoms with Crippen LogP contribution in [0.4, 0.5) is 0 Å². The molecule has 4 N–H and O–H groups in total. The van der Waals surface area contributed by atoms with Crippen LogP contribution in [-0.2, 0) is 16.1 Å². The van der Waals surface area contributed by atoms with Crippen LogP contribution in [0.25, 0.3) is 0 Å².